The van der Waals surface area contributed by atoms with Gasteiger partial charge in [-0.15, -0.1) is 0 Å². The fraction of sp³-hybridized carbons (Fsp3) is 0.267. The van der Waals surface area contributed by atoms with E-state index in [9.17, 15) is 17.2 Å². The van der Waals surface area contributed by atoms with Gasteiger partial charge in [0.2, 0.25) is 9.84 Å². The molecule has 5 nitrogen and oxygen atoms in total. The Morgan fingerprint density at radius 2 is 1.65 bits per heavy atom. The number of halogens is 2. The number of likely N-dealkylation sites (N-methyl/N-ethyl adjacent to an activating group) is 2. The average Bonchev–Trinajstić information content (AvgIpc) is 2.53. The first-order valence-corrected chi connectivity index (χ1v) is 8.43. The summed E-state index contributed by atoms with van der Waals surface area (Å²) in [4.78, 5) is 6.03. The van der Waals surface area contributed by atoms with Crippen molar-refractivity contribution in [1.29, 1.82) is 0 Å². The number of rotatable bonds is 2. The first-order valence-electron chi connectivity index (χ1n) is 6.95. The molecule has 0 bridgehead atoms. The largest absolute Gasteiger partial charge is 0.369 e. The number of anilines is 2. The minimum atomic E-state index is -4.21. The average molecular weight is 339 g/mol. The van der Waals surface area contributed by atoms with Crippen molar-refractivity contribution in [2.24, 2.45) is 0 Å². The molecule has 3 rings (SSSR count). The number of nitrogens with zero attached hydrogens (tertiary/aromatic N) is 3. The number of pyridine rings is 1. The molecule has 0 saturated carbocycles. The predicted molar refractivity (Wildman–Crippen MR) is 82.6 cm³/mol. The number of sulfone groups is 1. The second-order valence-electron chi connectivity index (χ2n) is 5.38. The quantitative estimate of drug-likeness (QED) is 0.784. The predicted octanol–water partition coefficient (Wildman–Crippen LogP) is 2.08. The lowest BCUT2D eigenvalue weighted by Gasteiger charge is -2.34. The molecule has 1 aromatic carbocycles. The molecule has 23 heavy (non-hydrogen) atoms. The highest BCUT2D eigenvalue weighted by molar-refractivity contribution is 7.91. The fourth-order valence-corrected chi connectivity index (χ4v) is 4.16. The maximum absolute atomic E-state index is 14.4. The van der Waals surface area contributed by atoms with Crippen LogP contribution in [-0.4, -0.2) is 40.6 Å². The van der Waals surface area contributed by atoms with Gasteiger partial charge in [0.05, 0.1) is 4.90 Å². The van der Waals surface area contributed by atoms with E-state index in [0.717, 1.165) is 0 Å². The topological polar surface area (TPSA) is 53.5 Å². The smallest absolute Gasteiger partial charge is 0.252 e. The van der Waals surface area contributed by atoms with E-state index in [0.29, 0.717) is 13.1 Å². The molecule has 0 amide bonds. The summed E-state index contributed by atoms with van der Waals surface area (Å²) in [6.07, 6.45) is 0. The van der Waals surface area contributed by atoms with Crippen molar-refractivity contribution in [3.05, 3.63) is 42.1 Å². The number of hydrogen-bond donors (Lipinski definition) is 0. The maximum atomic E-state index is 14.4. The van der Waals surface area contributed by atoms with Crippen molar-refractivity contribution in [2.75, 3.05) is 37.0 Å². The van der Waals surface area contributed by atoms with Crippen molar-refractivity contribution < 1.29 is 17.2 Å². The van der Waals surface area contributed by atoms with Crippen molar-refractivity contribution in [1.82, 2.24) is 4.98 Å². The van der Waals surface area contributed by atoms with Crippen LogP contribution in [0, 0.1) is 11.8 Å². The highest BCUT2D eigenvalue weighted by atomic mass is 32.2. The van der Waals surface area contributed by atoms with Crippen LogP contribution in [0.4, 0.5) is 20.3 Å². The molecule has 0 spiro atoms. The van der Waals surface area contributed by atoms with E-state index in [-0.39, 0.29) is 16.4 Å². The van der Waals surface area contributed by atoms with Crippen LogP contribution in [0.5, 0.6) is 0 Å². The molecule has 1 aromatic heterocycles. The van der Waals surface area contributed by atoms with Crippen LogP contribution in [-0.2, 0) is 9.84 Å². The van der Waals surface area contributed by atoms with E-state index in [1.807, 2.05) is 0 Å². The fourth-order valence-electron chi connectivity index (χ4n) is 2.58. The molecule has 1 aliphatic rings. The zero-order chi connectivity index (χ0) is 16.8. The normalized spacial score (nSPS) is 14.8. The van der Waals surface area contributed by atoms with Gasteiger partial charge >= 0.3 is 0 Å². The molecule has 0 N–H and O–H groups in total. The van der Waals surface area contributed by atoms with E-state index in [2.05, 4.69) is 4.98 Å². The van der Waals surface area contributed by atoms with Gasteiger partial charge in [-0.1, -0.05) is 18.2 Å². The van der Waals surface area contributed by atoms with Crippen molar-refractivity contribution in [3.8, 4) is 0 Å². The van der Waals surface area contributed by atoms with Gasteiger partial charge in [-0.25, -0.2) is 12.8 Å². The molecule has 0 atom stereocenters. The number of benzene rings is 1. The first kappa shape index (κ1) is 15.7. The molecule has 0 unspecified atom stereocenters. The summed E-state index contributed by atoms with van der Waals surface area (Å²) in [5.41, 5.74) is 0.0847. The van der Waals surface area contributed by atoms with Crippen LogP contribution in [0.2, 0.25) is 0 Å². The van der Waals surface area contributed by atoms with Crippen molar-refractivity contribution in [3.63, 3.8) is 0 Å². The number of hydrogen-bond acceptors (Lipinski definition) is 5. The zero-order valence-electron chi connectivity index (χ0n) is 12.6. The van der Waals surface area contributed by atoms with E-state index >= 15 is 0 Å². The molecule has 2 aromatic rings. The van der Waals surface area contributed by atoms with E-state index in [4.69, 9.17) is 0 Å². The summed E-state index contributed by atoms with van der Waals surface area (Å²) in [6, 6.07) is 7.42. The van der Waals surface area contributed by atoms with Crippen LogP contribution in [0.3, 0.4) is 0 Å². The van der Waals surface area contributed by atoms with Crippen LogP contribution >= 0.6 is 0 Å². The molecular weight excluding hydrogens is 324 g/mol. The molecule has 0 aliphatic carbocycles. The Hall–Kier alpha value is -2.22. The Balaban J connectivity index is 2.36. The van der Waals surface area contributed by atoms with Gasteiger partial charge in [-0.3, -0.25) is 0 Å². The van der Waals surface area contributed by atoms with Gasteiger partial charge in [-0.2, -0.15) is 9.37 Å². The summed E-state index contributed by atoms with van der Waals surface area (Å²) < 4.78 is 54.0. The van der Waals surface area contributed by atoms with Crippen LogP contribution in [0.25, 0.3) is 0 Å². The summed E-state index contributed by atoms with van der Waals surface area (Å²) in [6.45, 7) is 1.01. The summed E-state index contributed by atoms with van der Waals surface area (Å²) in [7, 11) is -0.918. The van der Waals surface area contributed by atoms with Gasteiger partial charge in [-0.05, 0) is 12.1 Å². The minimum absolute atomic E-state index is 0.0847. The highest BCUT2D eigenvalue weighted by Gasteiger charge is 2.35. The monoisotopic (exact) mass is 339 g/mol. The van der Waals surface area contributed by atoms with Gasteiger partial charge in [0.15, 0.2) is 11.6 Å². The van der Waals surface area contributed by atoms with Crippen molar-refractivity contribution in [2.45, 2.75) is 9.79 Å². The zero-order valence-corrected chi connectivity index (χ0v) is 13.4. The third-order valence-electron chi connectivity index (χ3n) is 3.85. The molecule has 0 fully saturated rings. The molecule has 0 radical (unpaired) electrons. The number of aromatic nitrogens is 1. The lowest BCUT2D eigenvalue weighted by Crippen LogP contribution is -2.39. The SMILES string of the molecule is CN1CCN(C)c2c1nc(F)c(F)c2S(=O)(=O)c1ccccc1. The van der Waals surface area contributed by atoms with Crippen molar-refractivity contribution >= 4 is 21.3 Å². The highest BCUT2D eigenvalue weighted by Crippen LogP contribution is 2.40. The Kier molecular flexibility index (Phi) is 3.71. The Bertz CT molecular complexity index is 857. The Morgan fingerprint density at radius 3 is 2.30 bits per heavy atom. The number of fused-ring (bicyclic) bond motifs is 1. The Labute approximate surface area is 133 Å². The second kappa shape index (κ2) is 5.45. The molecule has 122 valence electrons. The third kappa shape index (κ3) is 2.42. The standard InChI is InChI=1S/C15H15F2N3O2S/c1-19-8-9-20(2)15-12(19)13(11(16)14(17)18-15)23(21,22)10-6-4-3-5-7-10/h3-7H,8-9H2,1-2H3. The van der Waals surface area contributed by atoms with Gasteiger partial charge in [0, 0.05) is 27.2 Å². The van der Waals surface area contributed by atoms with E-state index < -0.39 is 26.5 Å². The lowest BCUT2D eigenvalue weighted by molar-refractivity contribution is 0.456. The van der Waals surface area contributed by atoms with Crippen LogP contribution in [0.15, 0.2) is 40.1 Å². The summed E-state index contributed by atoms with van der Waals surface area (Å²) in [5, 5.41) is 0. The lowest BCUT2D eigenvalue weighted by atomic mass is 10.2. The Morgan fingerprint density at radius 1 is 1.04 bits per heavy atom. The molecular formula is C15H15F2N3O2S. The van der Waals surface area contributed by atoms with E-state index in [1.165, 1.54) is 24.3 Å². The second-order valence-corrected chi connectivity index (χ2v) is 7.26. The molecule has 1 aliphatic heterocycles. The van der Waals surface area contributed by atoms with Crippen LogP contribution < -0.4 is 9.80 Å². The maximum Gasteiger partial charge on any atom is 0.252 e. The van der Waals surface area contributed by atoms with Gasteiger partial charge in [0.1, 0.15) is 10.6 Å². The minimum Gasteiger partial charge on any atom is -0.369 e. The third-order valence-corrected chi connectivity index (χ3v) is 5.65. The summed E-state index contributed by atoms with van der Waals surface area (Å²) in [5.74, 6) is -2.75. The van der Waals surface area contributed by atoms with E-state index in [1.54, 1.807) is 30.0 Å². The first-order chi connectivity index (χ1) is 10.8. The molecule has 8 heteroatoms. The summed E-state index contributed by atoms with van der Waals surface area (Å²) >= 11 is 0. The molecule has 2 heterocycles. The van der Waals surface area contributed by atoms with Gasteiger partial charge in [0.25, 0.3) is 5.95 Å². The van der Waals surface area contributed by atoms with Crippen LogP contribution in [0.1, 0.15) is 0 Å². The molecule has 0 saturated heterocycles. The van der Waals surface area contributed by atoms with Gasteiger partial charge < -0.3 is 9.80 Å².